The van der Waals surface area contributed by atoms with Gasteiger partial charge >= 0.3 is 0 Å². The van der Waals surface area contributed by atoms with Crippen molar-refractivity contribution in [2.24, 2.45) is 5.92 Å². The molecule has 56 heavy (non-hydrogen) atoms. The maximum absolute atomic E-state index is 15.1. The molecule has 3 aromatic carbocycles. The van der Waals surface area contributed by atoms with Crippen molar-refractivity contribution in [1.29, 1.82) is 0 Å². The number of fused-ring (bicyclic) bond motifs is 2. The molecule has 10 atom stereocenters. The van der Waals surface area contributed by atoms with E-state index in [0.29, 0.717) is 17.9 Å². The molecule has 15 heteroatoms. The van der Waals surface area contributed by atoms with Crippen LogP contribution >= 0.6 is 0 Å². The second kappa shape index (κ2) is 15.6. The van der Waals surface area contributed by atoms with E-state index in [9.17, 15) is 35.1 Å². The quantitative estimate of drug-likeness (QED) is 0.163. The number of nitrogens with one attached hydrogen (secondary N) is 1. The van der Waals surface area contributed by atoms with Gasteiger partial charge in [-0.05, 0) is 54.3 Å². The van der Waals surface area contributed by atoms with Crippen LogP contribution in [0, 0.1) is 5.92 Å². The SMILES string of the molecule is COc1ccc([Si](C)(C)[C@@H]2[C@@H](CC(=O)N3CCC[C@H]3CO)O[C@]3(C(=O)N(Cc4ccc(NC(=O)[C@H]5O[C@@H](O)[C@H](O)[C@@H](O)[C@@H]5O)cc4)c4ccccc43)[C@H]2C)cc1. The molecule has 6 N–H and O–H groups in total. The minimum atomic E-state index is -2.50. The van der Waals surface area contributed by atoms with Crippen molar-refractivity contribution >= 4 is 42.4 Å². The number of carbonyl (C=O) groups excluding carboxylic acids is 3. The van der Waals surface area contributed by atoms with Crippen molar-refractivity contribution in [3.63, 3.8) is 0 Å². The van der Waals surface area contributed by atoms with Crippen LogP contribution in [0.4, 0.5) is 11.4 Å². The molecule has 0 aliphatic carbocycles. The molecule has 3 amide bonds. The fourth-order valence-corrected chi connectivity index (χ4v) is 13.4. The van der Waals surface area contributed by atoms with Gasteiger partial charge in [0, 0.05) is 23.7 Å². The number of rotatable bonds is 10. The largest absolute Gasteiger partial charge is 0.497 e. The van der Waals surface area contributed by atoms with Gasteiger partial charge in [-0.3, -0.25) is 14.4 Å². The average Bonchev–Trinajstić information content (AvgIpc) is 3.86. The van der Waals surface area contributed by atoms with Gasteiger partial charge in [0.1, 0.15) is 24.1 Å². The highest BCUT2D eigenvalue weighted by atomic mass is 28.3. The summed E-state index contributed by atoms with van der Waals surface area (Å²) in [5.41, 5.74) is 1.03. The predicted octanol–water partition coefficient (Wildman–Crippen LogP) is 1.57. The number of methoxy groups -OCH3 is 1. The van der Waals surface area contributed by atoms with Crippen LogP contribution in [-0.2, 0) is 36.0 Å². The van der Waals surface area contributed by atoms with Crippen molar-refractivity contribution in [3.8, 4) is 5.75 Å². The van der Waals surface area contributed by atoms with Gasteiger partial charge in [0.15, 0.2) is 18.0 Å². The van der Waals surface area contributed by atoms with Gasteiger partial charge in [0.25, 0.3) is 11.8 Å². The Morgan fingerprint density at radius 2 is 1.66 bits per heavy atom. The first-order chi connectivity index (χ1) is 26.7. The molecule has 3 aromatic rings. The molecule has 0 saturated carbocycles. The van der Waals surface area contributed by atoms with Gasteiger partial charge in [0.05, 0.1) is 52.6 Å². The number of anilines is 2. The Labute approximate surface area is 326 Å². The third-order valence-electron chi connectivity index (χ3n) is 12.4. The van der Waals surface area contributed by atoms with Crippen LogP contribution in [0.5, 0.6) is 5.75 Å². The Bertz CT molecular complexity index is 1930. The van der Waals surface area contributed by atoms with Crippen LogP contribution < -0.4 is 20.1 Å². The molecule has 7 rings (SSSR count). The molecule has 0 unspecified atom stereocenters. The Balaban J connectivity index is 1.16. The molecule has 3 saturated heterocycles. The number of benzene rings is 3. The number of aliphatic hydroxyl groups is 5. The topological polar surface area (TPSA) is 199 Å². The van der Waals surface area contributed by atoms with Crippen molar-refractivity contribution in [2.75, 3.05) is 30.5 Å². The molecule has 4 heterocycles. The summed E-state index contributed by atoms with van der Waals surface area (Å²) in [4.78, 5) is 45.5. The van der Waals surface area contributed by atoms with Gasteiger partial charge in [0.2, 0.25) is 5.91 Å². The van der Waals surface area contributed by atoms with E-state index in [-0.39, 0.29) is 48.9 Å². The fraction of sp³-hybridized carbons (Fsp3) is 0.488. The lowest BCUT2D eigenvalue weighted by Crippen LogP contribution is -2.60. The number of carbonyl (C=O) groups is 3. The lowest BCUT2D eigenvalue weighted by Gasteiger charge is -2.37. The molecule has 300 valence electrons. The van der Waals surface area contributed by atoms with E-state index in [2.05, 4.69) is 37.5 Å². The summed E-state index contributed by atoms with van der Waals surface area (Å²) in [5, 5.41) is 53.7. The standard InChI is InChI=1S/C41H51N3O11Si/c1-23-37(56(3,4)28-17-15-27(53-2)16-18-28)31(20-32(46)43-19-7-8-26(43)22-45)55-41(23)29-9-5-6-10-30(29)44(40(41)52)21-24-11-13-25(14-12-24)42-38(50)36-34(48)33(47)35(49)39(51)54-36/h5-6,9-18,23,26,31,33-37,39,45,47-49,51H,7-8,19-22H2,1-4H3,(H,42,50)/t23-,26-,31+,33-,34-,35+,36-,37-,39+,41+/m0/s1. The predicted molar refractivity (Wildman–Crippen MR) is 208 cm³/mol. The van der Waals surface area contributed by atoms with E-state index < -0.39 is 56.4 Å². The number of para-hydroxylation sites is 1. The van der Waals surface area contributed by atoms with Crippen LogP contribution in [0.1, 0.15) is 37.3 Å². The minimum absolute atomic E-state index is 0.0856. The monoisotopic (exact) mass is 789 g/mol. The van der Waals surface area contributed by atoms with Crippen molar-refractivity contribution in [3.05, 3.63) is 83.9 Å². The molecule has 14 nitrogen and oxygen atoms in total. The van der Waals surface area contributed by atoms with E-state index in [1.807, 2.05) is 36.4 Å². The van der Waals surface area contributed by atoms with Crippen molar-refractivity contribution < 1.29 is 54.1 Å². The molecule has 1 spiro atoms. The summed E-state index contributed by atoms with van der Waals surface area (Å²) in [5.74, 6) is -0.709. The van der Waals surface area contributed by atoms with E-state index >= 15 is 4.79 Å². The van der Waals surface area contributed by atoms with E-state index in [1.165, 1.54) is 0 Å². The van der Waals surface area contributed by atoms with E-state index in [0.717, 1.165) is 34.9 Å². The maximum atomic E-state index is 15.1. The average molecular weight is 790 g/mol. The summed E-state index contributed by atoms with van der Waals surface area (Å²) in [6.45, 7) is 7.26. The fourth-order valence-electron chi connectivity index (χ4n) is 9.44. The Morgan fingerprint density at radius 3 is 2.34 bits per heavy atom. The summed E-state index contributed by atoms with van der Waals surface area (Å²) < 4.78 is 17.6. The molecule has 4 aliphatic heterocycles. The van der Waals surface area contributed by atoms with Crippen LogP contribution in [0.2, 0.25) is 18.6 Å². The van der Waals surface area contributed by atoms with Gasteiger partial charge in [-0.25, -0.2) is 0 Å². The van der Waals surface area contributed by atoms with E-state index in [1.54, 1.807) is 41.2 Å². The molecule has 0 bridgehead atoms. The number of aliphatic hydroxyl groups excluding tert-OH is 5. The van der Waals surface area contributed by atoms with Crippen LogP contribution in [0.25, 0.3) is 0 Å². The highest BCUT2D eigenvalue weighted by Crippen LogP contribution is 2.60. The number of likely N-dealkylation sites (tertiary alicyclic amines) is 1. The summed E-state index contributed by atoms with van der Waals surface area (Å²) in [6, 6.07) is 22.2. The number of ether oxygens (including phenoxy) is 3. The Kier molecular flexibility index (Phi) is 11.2. The normalized spacial score (nSPS) is 31.5. The summed E-state index contributed by atoms with van der Waals surface area (Å²) in [6.07, 6.45) is -7.70. The molecule has 3 fully saturated rings. The van der Waals surface area contributed by atoms with Gasteiger partial charge < -0.3 is 54.9 Å². The minimum Gasteiger partial charge on any atom is -0.497 e. The molecular formula is C41H51N3O11Si. The summed E-state index contributed by atoms with van der Waals surface area (Å²) in [7, 11) is -0.873. The number of hydrogen-bond acceptors (Lipinski definition) is 11. The number of nitrogens with zero attached hydrogens (tertiary/aromatic N) is 2. The third kappa shape index (κ3) is 6.83. The Morgan fingerprint density at radius 1 is 0.964 bits per heavy atom. The zero-order valence-corrected chi connectivity index (χ0v) is 32.9. The highest BCUT2D eigenvalue weighted by Gasteiger charge is 2.66. The van der Waals surface area contributed by atoms with Crippen molar-refractivity contribution in [2.45, 2.75) is 99.8 Å². The maximum Gasteiger partial charge on any atom is 0.264 e. The van der Waals surface area contributed by atoms with Crippen molar-refractivity contribution in [1.82, 2.24) is 4.90 Å². The number of amides is 3. The second-order valence-electron chi connectivity index (χ2n) is 15.9. The zero-order valence-electron chi connectivity index (χ0n) is 31.9. The lowest BCUT2D eigenvalue weighted by atomic mass is 9.82. The zero-order chi connectivity index (χ0) is 40.1. The number of hydrogen-bond donors (Lipinski definition) is 6. The van der Waals surface area contributed by atoms with Gasteiger partial charge in [-0.2, -0.15) is 0 Å². The van der Waals surface area contributed by atoms with Crippen LogP contribution in [-0.4, -0.2) is 119 Å². The van der Waals surface area contributed by atoms with Gasteiger partial charge in [-0.15, -0.1) is 0 Å². The first kappa shape index (κ1) is 40.0. The lowest BCUT2D eigenvalue weighted by molar-refractivity contribution is -0.274. The molecule has 4 aliphatic rings. The van der Waals surface area contributed by atoms with E-state index in [4.69, 9.17) is 14.2 Å². The summed E-state index contributed by atoms with van der Waals surface area (Å²) >= 11 is 0. The van der Waals surface area contributed by atoms with Gasteiger partial charge in [-0.1, -0.05) is 67.7 Å². The smallest absolute Gasteiger partial charge is 0.264 e. The Hall–Kier alpha value is -4.19. The third-order valence-corrected chi connectivity index (χ3v) is 16.8. The highest BCUT2D eigenvalue weighted by molar-refractivity contribution is 6.91. The first-order valence-electron chi connectivity index (χ1n) is 19.1. The van der Waals surface area contributed by atoms with Crippen LogP contribution in [0.15, 0.2) is 72.8 Å². The first-order valence-corrected chi connectivity index (χ1v) is 22.2. The molecule has 0 aromatic heterocycles. The molecular weight excluding hydrogens is 739 g/mol. The second-order valence-corrected chi connectivity index (χ2v) is 20.6. The molecule has 0 radical (unpaired) electrons. The van der Waals surface area contributed by atoms with Crippen LogP contribution in [0.3, 0.4) is 0 Å².